The zero-order valence-electron chi connectivity index (χ0n) is 12.2. The number of amides is 2. The number of urea groups is 1. The molecule has 0 radical (unpaired) electrons. The Morgan fingerprint density at radius 2 is 2.26 bits per heavy atom. The number of carbonyl (C=O) groups excluding carboxylic acids is 1. The molecule has 2 N–H and O–H groups in total. The van der Waals surface area contributed by atoms with Crippen molar-refractivity contribution < 1.29 is 9.32 Å². The van der Waals surface area contributed by atoms with Gasteiger partial charge < -0.3 is 15.2 Å². The van der Waals surface area contributed by atoms with Crippen LogP contribution in [0.3, 0.4) is 0 Å². The number of anilines is 1. The third-order valence-corrected chi connectivity index (χ3v) is 4.93. The first-order valence-corrected chi connectivity index (χ1v) is 8.46. The fraction of sp³-hybridized carbons (Fsp3) is 0.133. The Balaban J connectivity index is 1.63. The molecule has 2 heterocycles. The maximum atomic E-state index is 12.0. The lowest BCUT2D eigenvalue weighted by molar-refractivity contribution is 0.252. The van der Waals surface area contributed by atoms with Crippen molar-refractivity contribution in [3.8, 4) is 11.4 Å². The number of carbonyl (C=O) groups is 1. The van der Waals surface area contributed by atoms with E-state index in [1.54, 1.807) is 30.4 Å². The molecule has 2 aromatic heterocycles. The molecule has 118 valence electrons. The number of hydrogen-bond acceptors (Lipinski definition) is 5. The van der Waals surface area contributed by atoms with Gasteiger partial charge in [0, 0.05) is 27.5 Å². The lowest BCUT2D eigenvalue weighted by Gasteiger charge is -2.08. The first kappa shape index (κ1) is 15.7. The van der Waals surface area contributed by atoms with Crippen molar-refractivity contribution >= 4 is 39.0 Å². The molecule has 3 aromatic rings. The Bertz CT molecular complexity index is 830. The van der Waals surface area contributed by atoms with Crippen LogP contribution in [0.25, 0.3) is 11.4 Å². The van der Waals surface area contributed by atoms with Gasteiger partial charge >= 0.3 is 6.03 Å². The predicted molar refractivity (Wildman–Crippen MR) is 92.3 cm³/mol. The summed E-state index contributed by atoms with van der Waals surface area (Å²) < 4.78 is 5.96. The van der Waals surface area contributed by atoms with E-state index in [-0.39, 0.29) is 6.03 Å². The highest BCUT2D eigenvalue weighted by Gasteiger charge is 2.08. The minimum Gasteiger partial charge on any atom is -0.339 e. The molecule has 23 heavy (non-hydrogen) atoms. The Labute approximate surface area is 145 Å². The van der Waals surface area contributed by atoms with Gasteiger partial charge in [-0.1, -0.05) is 17.3 Å². The second-order valence-corrected chi connectivity index (χ2v) is 6.57. The Hall–Kier alpha value is -2.19. The number of benzene rings is 1. The van der Waals surface area contributed by atoms with Crippen molar-refractivity contribution in [1.82, 2.24) is 15.5 Å². The number of halogens is 1. The molecule has 0 atom stereocenters. The summed E-state index contributed by atoms with van der Waals surface area (Å²) >= 11 is 5.02. The Morgan fingerprint density at radius 1 is 1.39 bits per heavy atom. The van der Waals surface area contributed by atoms with Crippen LogP contribution in [0.4, 0.5) is 10.5 Å². The molecule has 0 bridgehead atoms. The highest BCUT2D eigenvalue weighted by atomic mass is 79.9. The molecular formula is C15H13BrN4O2S. The number of thiophene rings is 1. The van der Waals surface area contributed by atoms with Gasteiger partial charge in [-0.3, -0.25) is 0 Å². The molecule has 0 unspecified atom stereocenters. The smallest absolute Gasteiger partial charge is 0.319 e. The van der Waals surface area contributed by atoms with Crippen LogP contribution in [0, 0.1) is 6.92 Å². The molecular weight excluding hydrogens is 380 g/mol. The highest BCUT2D eigenvalue weighted by molar-refractivity contribution is 9.10. The van der Waals surface area contributed by atoms with Crippen LogP contribution in [0.15, 0.2) is 44.7 Å². The summed E-state index contributed by atoms with van der Waals surface area (Å²) in [6.45, 7) is 2.20. The molecule has 0 aliphatic heterocycles. The maximum Gasteiger partial charge on any atom is 0.319 e. The SMILES string of the molecule is Cc1nc(-c2cccc(NC(=O)NCc3sccc3Br)c2)no1. The number of rotatable bonds is 4. The molecule has 8 heteroatoms. The molecule has 0 aliphatic carbocycles. The quantitative estimate of drug-likeness (QED) is 0.697. The Morgan fingerprint density at radius 3 is 2.96 bits per heavy atom. The summed E-state index contributed by atoms with van der Waals surface area (Å²) in [5, 5.41) is 11.4. The molecule has 6 nitrogen and oxygen atoms in total. The standard InChI is InChI=1S/C15H13BrN4O2S/c1-9-18-14(20-22-9)10-3-2-4-11(7-10)19-15(21)17-8-13-12(16)5-6-23-13/h2-7H,8H2,1H3,(H2,17,19,21). The summed E-state index contributed by atoms with van der Waals surface area (Å²) in [6, 6.07) is 8.97. The molecule has 0 fully saturated rings. The Kier molecular flexibility index (Phi) is 4.73. The average molecular weight is 393 g/mol. The maximum absolute atomic E-state index is 12.0. The van der Waals surface area contributed by atoms with E-state index in [1.165, 1.54) is 0 Å². The monoisotopic (exact) mass is 392 g/mol. The van der Waals surface area contributed by atoms with E-state index in [9.17, 15) is 4.79 Å². The fourth-order valence-electron chi connectivity index (χ4n) is 1.94. The van der Waals surface area contributed by atoms with E-state index in [4.69, 9.17) is 4.52 Å². The van der Waals surface area contributed by atoms with E-state index in [2.05, 4.69) is 36.7 Å². The third kappa shape index (κ3) is 3.96. The number of hydrogen-bond donors (Lipinski definition) is 2. The zero-order valence-corrected chi connectivity index (χ0v) is 14.6. The lowest BCUT2D eigenvalue weighted by Crippen LogP contribution is -2.27. The summed E-state index contributed by atoms with van der Waals surface area (Å²) in [5.41, 5.74) is 1.44. The van der Waals surface area contributed by atoms with Gasteiger partial charge in [0.1, 0.15) is 0 Å². The second-order valence-electron chi connectivity index (χ2n) is 4.72. The average Bonchev–Trinajstić information content (AvgIpc) is 3.14. The van der Waals surface area contributed by atoms with Crippen LogP contribution in [-0.2, 0) is 6.54 Å². The van der Waals surface area contributed by atoms with Crippen molar-refractivity contribution in [2.45, 2.75) is 13.5 Å². The molecule has 0 aliphatic rings. The third-order valence-electron chi connectivity index (χ3n) is 3.01. The van der Waals surface area contributed by atoms with Crippen LogP contribution >= 0.6 is 27.3 Å². The largest absolute Gasteiger partial charge is 0.339 e. The van der Waals surface area contributed by atoms with Crippen LogP contribution < -0.4 is 10.6 Å². The molecule has 0 saturated carbocycles. The minimum absolute atomic E-state index is 0.272. The van der Waals surface area contributed by atoms with Gasteiger partial charge in [-0.05, 0) is 39.5 Å². The highest BCUT2D eigenvalue weighted by Crippen LogP contribution is 2.22. The molecule has 2 amide bonds. The lowest BCUT2D eigenvalue weighted by atomic mass is 10.2. The summed E-state index contributed by atoms with van der Waals surface area (Å²) in [4.78, 5) is 17.2. The summed E-state index contributed by atoms with van der Waals surface area (Å²) in [5.74, 6) is 0.992. The van der Waals surface area contributed by atoms with Crippen molar-refractivity contribution in [3.63, 3.8) is 0 Å². The van der Waals surface area contributed by atoms with Gasteiger partial charge in [0.2, 0.25) is 11.7 Å². The first-order valence-electron chi connectivity index (χ1n) is 6.79. The van der Waals surface area contributed by atoms with Crippen LogP contribution in [0.1, 0.15) is 10.8 Å². The summed E-state index contributed by atoms with van der Waals surface area (Å²) in [7, 11) is 0. The number of nitrogens with one attached hydrogen (secondary N) is 2. The van der Waals surface area contributed by atoms with Crippen molar-refractivity contribution in [2.24, 2.45) is 0 Å². The second kappa shape index (κ2) is 6.93. The van der Waals surface area contributed by atoms with E-state index in [1.807, 2.05) is 23.6 Å². The minimum atomic E-state index is -0.272. The van der Waals surface area contributed by atoms with Gasteiger partial charge in [0.15, 0.2) is 0 Å². The van der Waals surface area contributed by atoms with Crippen molar-refractivity contribution in [2.75, 3.05) is 5.32 Å². The first-order chi connectivity index (χ1) is 11.1. The molecule has 0 spiro atoms. The number of aromatic nitrogens is 2. The van der Waals surface area contributed by atoms with Crippen LogP contribution in [0.2, 0.25) is 0 Å². The number of aryl methyl sites for hydroxylation is 1. The normalized spacial score (nSPS) is 10.5. The van der Waals surface area contributed by atoms with Gasteiger partial charge in [-0.15, -0.1) is 11.3 Å². The summed E-state index contributed by atoms with van der Waals surface area (Å²) in [6.07, 6.45) is 0. The fourth-order valence-corrected chi connectivity index (χ4v) is 3.37. The van der Waals surface area contributed by atoms with Gasteiger partial charge in [-0.2, -0.15) is 4.98 Å². The van der Waals surface area contributed by atoms with Crippen molar-refractivity contribution in [3.05, 3.63) is 51.0 Å². The number of nitrogens with zero attached hydrogens (tertiary/aromatic N) is 2. The topological polar surface area (TPSA) is 80.0 Å². The van der Waals surface area contributed by atoms with Gasteiger partial charge in [0.25, 0.3) is 0 Å². The van der Waals surface area contributed by atoms with Gasteiger partial charge in [0.05, 0.1) is 6.54 Å². The van der Waals surface area contributed by atoms with Crippen LogP contribution in [-0.4, -0.2) is 16.2 Å². The van der Waals surface area contributed by atoms with E-state index in [0.717, 1.165) is 14.9 Å². The molecule has 0 saturated heterocycles. The zero-order chi connectivity index (χ0) is 16.2. The van der Waals surface area contributed by atoms with E-state index < -0.39 is 0 Å². The molecule has 3 rings (SSSR count). The van der Waals surface area contributed by atoms with Crippen LogP contribution in [0.5, 0.6) is 0 Å². The van der Waals surface area contributed by atoms with E-state index in [0.29, 0.717) is 23.9 Å². The van der Waals surface area contributed by atoms with Gasteiger partial charge in [-0.25, -0.2) is 4.79 Å². The predicted octanol–water partition coefficient (Wildman–Crippen LogP) is 4.19. The molecule has 1 aromatic carbocycles. The van der Waals surface area contributed by atoms with Crippen molar-refractivity contribution in [1.29, 1.82) is 0 Å². The van der Waals surface area contributed by atoms with E-state index >= 15 is 0 Å².